The highest BCUT2D eigenvalue weighted by Gasteiger charge is 2.41. The van der Waals surface area contributed by atoms with Crippen LogP contribution in [0.15, 0.2) is 0 Å². The van der Waals surface area contributed by atoms with E-state index in [9.17, 15) is 4.79 Å². The molecule has 2 aliphatic rings. The summed E-state index contributed by atoms with van der Waals surface area (Å²) in [6, 6.07) is 0. The molecular weight excluding hydrogens is 248 g/mol. The number of amides is 1. The Morgan fingerprint density at radius 1 is 1.33 bits per heavy atom. The summed E-state index contributed by atoms with van der Waals surface area (Å²) in [6.45, 7) is 7.45. The van der Waals surface area contributed by atoms with Gasteiger partial charge in [-0.05, 0) is 25.2 Å². The molecule has 106 valence electrons. The van der Waals surface area contributed by atoms with Crippen LogP contribution < -0.4 is 10.6 Å². The molecule has 1 saturated heterocycles. The van der Waals surface area contributed by atoms with E-state index >= 15 is 0 Å². The molecule has 2 N–H and O–H groups in total. The Bertz CT molecular complexity index is 271. The largest absolute Gasteiger partial charge is 0.355 e. The van der Waals surface area contributed by atoms with Crippen LogP contribution in [0, 0.1) is 17.3 Å². The van der Waals surface area contributed by atoms with Crippen LogP contribution in [-0.2, 0) is 4.79 Å². The predicted octanol–water partition coefficient (Wildman–Crippen LogP) is 2.35. The minimum Gasteiger partial charge on any atom is -0.355 e. The average molecular weight is 275 g/mol. The topological polar surface area (TPSA) is 41.1 Å². The van der Waals surface area contributed by atoms with E-state index in [1.165, 1.54) is 12.8 Å². The molecule has 0 spiro atoms. The lowest BCUT2D eigenvalue weighted by atomic mass is 9.77. The molecule has 0 unspecified atom stereocenters. The summed E-state index contributed by atoms with van der Waals surface area (Å²) < 4.78 is 0. The minimum absolute atomic E-state index is 0. The van der Waals surface area contributed by atoms with Gasteiger partial charge in [-0.1, -0.05) is 26.7 Å². The molecule has 2 rings (SSSR count). The van der Waals surface area contributed by atoms with E-state index in [4.69, 9.17) is 0 Å². The van der Waals surface area contributed by atoms with Gasteiger partial charge in [-0.15, -0.1) is 12.4 Å². The number of carbonyl (C=O) groups excluding carboxylic acids is 1. The summed E-state index contributed by atoms with van der Waals surface area (Å²) in [5.41, 5.74) is -0.0364. The maximum absolute atomic E-state index is 12.4. The predicted molar refractivity (Wildman–Crippen MR) is 77.0 cm³/mol. The van der Waals surface area contributed by atoms with Crippen molar-refractivity contribution in [1.29, 1.82) is 0 Å². The van der Waals surface area contributed by atoms with Gasteiger partial charge in [-0.2, -0.15) is 0 Å². The van der Waals surface area contributed by atoms with Gasteiger partial charge >= 0.3 is 0 Å². The van der Waals surface area contributed by atoms with E-state index in [-0.39, 0.29) is 17.8 Å². The molecule has 0 radical (unpaired) electrons. The first kappa shape index (κ1) is 15.8. The van der Waals surface area contributed by atoms with Crippen LogP contribution in [0.2, 0.25) is 0 Å². The fourth-order valence-corrected chi connectivity index (χ4v) is 3.27. The maximum atomic E-state index is 12.4. The fraction of sp³-hybridized carbons (Fsp3) is 0.929. The molecule has 18 heavy (non-hydrogen) atoms. The van der Waals surface area contributed by atoms with Crippen molar-refractivity contribution in [1.82, 2.24) is 10.6 Å². The van der Waals surface area contributed by atoms with Crippen LogP contribution in [0.5, 0.6) is 0 Å². The van der Waals surface area contributed by atoms with Crippen molar-refractivity contribution < 1.29 is 4.79 Å². The van der Waals surface area contributed by atoms with Crippen LogP contribution >= 0.6 is 12.4 Å². The molecule has 1 aliphatic heterocycles. The van der Waals surface area contributed by atoms with Crippen LogP contribution in [0.4, 0.5) is 0 Å². The first-order chi connectivity index (χ1) is 8.12. The van der Waals surface area contributed by atoms with Crippen molar-refractivity contribution in [2.75, 3.05) is 19.6 Å². The summed E-state index contributed by atoms with van der Waals surface area (Å²) in [6.07, 6.45) is 5.71. The van der Waals surface area contributed by atoms with E-state index in [0.717, 1.165) is 38.9 Å². The van der Waals surface area contributed by atoms with Crippen molar-refractivity contribution >= 4 is 18.3 Å². The first-order valence-electron chi connectivity index (χ1n) is 7.11. The van der Waals surface area contributed by atoms with Gasteiger partial charge in [0.1, 0.15) is 0 Å². The van der Waals surface area contributed by atoms with Gasteiger partial charge in [0, 0.05) is 31.0 Å². The van der Waals surface area contributed by atoms with E-state index in [0.29, 0.717) is 17.7 Å². The third-order valence-corrected chi connectivity index (χ3v) is 4.26. The highest BCUT2D eigenvalue weighted by molar-refractivity contribution is 5.85. The molecule has 2 fully saturated rings. The summed E-state index contributed by atoms with van der Waals surface area (Å²) in [7, 11) is 0. The normalized spacial score (nSPS) is 22.4. The molecule has 0 bridgehead atoms. The number of carbonyl (C=O) groups is 1. The lowest BCUT2D eigenvalue weighted by Gasteiger charge is -2.32. The number of hydrogen-bond donors (Lipinski definition) is 2. The van der Waals surface area contributed by atoms with E-state index in [1.54, 1.807) is 0 Å². The zero-order chi connectivity index (χ0) is 12.3. The molecule has 0 aromatic rings. The van der Waals surface area contributed by atoms with Crippen LogP contribution in [0.1, 0.15) is 46.0 Å². The van der Waals surface area contributed by atoms with Crippen molar-refractivity contribution in [2.45, 2.75) is 46.0 Å². The third-order valence-electron chi connectivity index (χ3n) is 4.26. The Morgan fingerprint density at radius 2 is 1.94 bits per heavy atom. The Balaban J connectivity index is 0.00000162. The van der Waals surface area contributed by atoms with Crippen molar-refractivity contribution in [3.63, 3.8) is 0 Å². The smallest absolute Gasteiger partial charge is 0.226 e. The molecule has 3 nitrogen and oxygen atoms in total. The number of nitrogens with one attached hydrogen (secondary N) is 2. The van der Waals surface area contributed by atoms with Gasteiger partial charge in [-0.25, -0.2) is 0 Å². The Hall–Kier alpha value is -0.280. The monoisotopic (exact) mass is 274 g/mol. The molecule has 1 aliphatic carbocycles. The van der Waals surface area contributed by atoms with Gasteiger partial charge in [0.05, 0.1) is 0 Å². The van der Waals surface area contributed by atoms with Gasteiger partial charge in [0.2, 0.25) is 5.91 Å². The molecule has 1 amide bonds. The number of halogens is 1. The molecular formula is C14H27ClN2O. The Morgan fingerprint density at radius 3 is 2.39 bits per heavy atom. The van der Waals surface area contributed by atoms with Gasteiger partial charge in [0.25, 0.3) is 0 Å². The van der Waals surface area contributed by atoms with Gasteiger partial charge in [0.15, 0.2) is 0 Å². The zero-order valence-corrected chi connectivity index (χ0v) is 12.4. The summed E-state index contributed by atoms with van der Waals surface area (Å²) in [5.74, 6) is 1.61. The lowest BCUT2D eigenvalue weighted by molar-refractivity contribution is -0.132. The van der Waals surface area contributed by atoms with Crippen molar-refractivity contribution in [3.05, 3.63) is 0 Å². The SMILES string of the molecule is CC(C)CC1(C(=O)NCC2CNC2)CCCC1.Cl. The zero-order valence-electron chi connectivity index (χ0n) is 11.6. The van der Waals surface area contributed by atoms with Gasteiger partial charge in [-0.3, -0.25) is 4.79 Å². The maximum Gasteiger partial charge on any atom is 0.226 e. The summed E-state index contributed by atoms with van der Waals surface area (Å²) in [5, 5.41) is 6.44. The molecule has 4 heteroatoms. The second-order valence-electron chi connectivity index (χ2n) is 6.32. The highest BCUT2D eigenvalue weighted by atomic mass is 35.5. The Labute approximate surface area is 117 Å². The molecule has 0 aromatic carbocycles. The van der Waals surface area contributed by atoms with Crippen LogP contribution in [0.3, 0.4) is 0 Å². The quantitative estimate of drug-likeness (QED) is 0.808. The second-order valence-corrected chi connectivity index (χ2v) is 6.32. The fourth-order valence-electron chi connectivity index (χ4n) is 3.27. The van der Waals surface area contributed by atoms with Crippen molar-refractivity contribution in [2.24, 2.45) is 17.3 Å². The molecule has 0 atom stereocenters. The first-order valence-corrected chi connectivity index (χ1v) is 7.11. The second kappa shape index (κ2) is 6.76. The van der Waals surface area contributed by atoms with E-state index < -0.39 is 0 Å². The van der Waals surface area contributed by atoms with Crippen molar-refractivity contribution in [3.8, 4) is 0 Å². The lowest BCUT2D eigenvalue weighted by Crippen LogP contribution is -2.50. The van der Waals surface area contributed by atoms with E-state index in [2.05, 4.69) is 24.5 Å². The standard InChI is InChI=1S/C14H26N2O.ClH/c1-11(2)7-14(5-3-4-6-14)13(17)16-10-12-8-15-9-12;/h11-12,15H,3-10H2,1-2H3,(H,16,17);1H. The minimum atomic E-state index is -0.0364. The van der Waals surface area contributed by atoms with E-state index in [1.807, 2.05) is 0 Å². The molecule has 1 saturated carbocycles. The molecule has 0 aromatic heterocycles. The van der Waals surface area contributed by atoms with Crippen LogP contribution in [0.25, 0.3) is 0 Å². The number of rotatable bonds is 5. The van der Waals surface area contributed by atoms with Crippen LogP contribution in [-0.4, -0.2) is 25.5 Å². The average Bonchev–Trinajstić information content (AvgIpc) is 2.64. The third kappa shape index (κ3) is 3.61. The summed E-state index contributed by atoms with van der Waals surface area (Å²) in [4.78, 5) is 12.4. The number of hydrogen-bond acceptors (Lipinski definition) is 2. The summed E-state index contributed by atoms with van der Waals surface area (Å²) >= 11 is 0. The Kier molecular flexibility index (Phi) is 5.93. The highest BCUT2D eigenvalue weighted by Crippen LogP contribution is 2.43. The molecule has 1 heterocycles. The van der Waals surface area contributed by atoms with Gasteiger partial charge < -0.3 is 10.6 Å².